The number of amides is 2. The Morgan fingerprint density at radius 1 is 1.03 bits per heavy atom. The summed E-state index contributed by atoms with van der Waals surface area (Å²) in [6, 6.07) is 6.58. The average Bonchev–Trinajstić information content (AvgIpc) is 3.06. The summed E-state index contributed by atoms with van der Waals surface area (Å²) in [5, 5.41) is 10.2. The number of imide groups is 1. The number of benzene rings is 1. The Kier molecular flexibility index (Phi) is 5.69. The third-order valence-electron chi connectivity index (χ3n) is 7.13. The monoisotopic (exact) mass is 398 g/mol. The van der Waals surface area contributed by atoms with E-state index in [1.165, 1.54) is 16.9 Å². The number of aromatic hydroxyl groups is 1. The largest absolute Gasteiger partial charge is 0.508 e. The SMILES string of the molecule is CC1(C)CC(=O)N(CCCCCN2CC[C@@H]3c4cccc(O)c4CC[C@@H]32)C(=O)C1. The summed E-state index contributed by atoms with van der Waals surface area (Å²) in [4.78, 5) is 28.6. The number of carbonyl (C=O) groups is 2. The number of phenolic OH excluding ortho intramolecular Hbond substituents is 1. The fraction of sp³-hybridized carbons (Fsp3) is 0.667. The molecule has 0 bridgehead atoms. The van der Waals surface area contributed by atoms with E-state index in [0.29, 0.717) is 37.1 Å². The molecule has 2 aliphatic heterocycles. The normalized spacial score (nSPS) is 26.5. The van der Waals surface area contributed by atoms with Crippen molar-refractivity contribution in [2.45, 2.75) is 77.2 Å². The van der Waals surface area contributed by atoms with Crippen LogP contribution in [0.4, 0.5) is 0 Å². The first kappa shape index (κ1) is 20.4. The van der Waals surface area contributed by atoms with Crippen molar-refractivity contribution in [3.63, 3.8) is 0 Å². The third-order valence-corrected chi connectivity index (χ3v) is 7.13. The summed E-state index contributed by atoms with van der Waals surface area (Å²) in [7, 11) is 0. The molecule has 0 unspecified atom stereocenters. The Balaban J connectivity index is 1.22. The fourth-order valence-electron chi connectivity index (χ4n) is 5.67. The molecule has 2 atom stereocenters. The van der Waals surface area contributed by atoms with Crippen LogP contribution in [0.3, 0.4) is 0 Å². The molecule has 1 aromatic rings. The molecule has 1 N–H and O–H groups in total. The minimum absolute atomic E-state index is 0.00208. The molecule has 1 aliphatic carbocycles. The van der Waals surface area contributed by atoms with Crippen LogP contribution >= 0.6 is 0 Å². The lowest BCUT2D eigenvalue weighted by Gasteiger charge is -2.35. The highest BCUT2D eigenvalue weighted by Crippen LogP contribution is 2.43. The van der Waals surface area contributed by atoms with Gasteiger partial charge in [0, 0.05) is 31.3 Å². The van der Waals surface area contributed by atoms with Crippen LogP contribution in [-0.4, -0.2) is 52.4 Å². The molecular weight excluding hydrogens is 364 g/mol. The van der Waals surface area contributed by atoms with Crippen LogP contribution < -0.4 is 0 Å². The molecule has 1 aromatic carbocycles. The first-order chi connectivity index (χ1) is 13.9. The minimum atomic E-state index is -0.188. The fourth-order valence-corrected chi connectivity index (χ4v) is 5.67. The van der Waals surface area contributed by atoms with E-state index in [1.807, 2.05) is 26.0 Å². The smallest absolute Gasteiger partial charge is 0.229 e. The maximum atomic E-state index is 12.3. The van der Waals surface area contributed by atoms with E-state index in [1.54, 1.807) is 0 Å². The summed E-state index contributed by atoms with van der Waals surface area (Å²) in [5.41, 5.74) is 2.33. The van der Waals surface area contributed by atoms with Gasteiger partial charge < -0.3 is 5.11 Å². The molecule has 29 heavy (non-hydrogen) atoms. The van der Waals surface area contributed by atoms with Crippen LogP contribution in [0, 0.1) is 5.41 Å². The van der Waals surface area contributed by atoms with Crippen molar-refractivity contribution in [2.24, 2.45) is 5.41 Å². The van der Waals surface area contributed by atoms with Crippen LogP contribution in [0.25, 0.3) is 0 Å². The molecule has 4 rings (SSSR count). The van der Waals surface area contributed by atoms with E-state index >= 15 is 0 Å². The molecule has 0 spiro atoms. The second-order valence-electron chi connectivity index (χ2n) is 9.90. The van der Waals surface area contributed by atoms with E-state index in [-0.39, 0.29) is 17.2 Å². The van der Waals surface area contributed by atoms with Crippen molar-refractivity contribution in [3.05, 3.63) is 29.3 Å². The van der Waals surface area contributed by atoms with Gasteiger partial charge in [0.25, 0.3) is 0 Å². The summed E-state index contributed by atoms with van der Waals surface area (Å²) in [6.45, 7) is 6.78. The first-order valence-corrected chi connectivity index (χ1v) is 11.2. The maximum Gasteiger partial charge on any atom is 0.229 e. The Hall–Kier alpha value is -1.88. The number of hydrogen-bond acceptors (Lipinski definition) is 4. The van der Waals surface area contributed by atoms with Gasteiger partial charge in [-0.2, -0.15) is 0 Å². The molecule has 2 saturated heterocycles. The predicted octanol–water partition coefficient (Wildman–Crippen LogP) is 3.84. The van der Waals surface area contributed by atoms with E-state index in [9.17, 15) is 14.7 Å². The van der Waals surface area contributed by atoms with Gasteiger partial charge in [0.15, 0.2) is 0 Å². The van der Waals surface area contributed by atoms with Crippen LogP contribution in [0.15, 0.2) is 18.2 Å². The second-order valence-corrected chi connectivity index (χ2v) is 9.90. The molecule has 2 heterocycles. The van der Waals surface area contributed by atoms with Crippen molar-refractivity contribution in [3.8, 4) is 5.75 Å². The van der Waals surface area contributed by atoms with Gasteiger partial charge in [0.05, 0.1) is 0 Å². The van der Waals surface area contributed by atoms with Crippen LogP contribution in [0.5, 0.6) is 5.75 Å². The second kappa shape index (κ2) is 8.10. The highest BCUT2D eigenvalue weighted by molar-refractivity contribution is 5.98. The van der Waals surface area contributed by atoms with Gasteiger partial charge in [-0.05, 0) is 67.8 Å². The topological polar surface area (TPSA) is 60.9 Å². The number of fused-ring (bicyclic) bond motifs is 3. The van der Waals surface area contributed by atoms with E-state index < -0.39 is 0 Å². The lowest BCUT2D eigenvalue weighted by atomic mass is 9.79. The maximum absolute atomic E-state index is 12.3. The Morgan fingerprint density at radius 2 is 1.76 bits per heavy atom. The zero-order valence-corrected chi connectivity index (χ0v) is 17.8. The Labute approximate surface area is 174 Å². The lowest BCUT2D eigenvalue weighted by Crippen LogP contribution is -2.46. The number of piperidine rings is 1. The van der Waals surface area contributed by atoms with E-state index in [0.717, 1.165) is 50.8 Å². The van der Waals surface area contributed by atoms with Crippen molar-refractivity contribution in [1.29, 1.82) is 0 Å². The number of nitrogens with zero attached hydrogens (tertiary/aromatic N) is 2. The van der Waals surface area contributed by atoms with Gasteiger partial charge in [0.1, 0.15) is 5.75 Å². The zero-order valence-electron chi connectivity index (χ0n) is 17.8. The first-order valence-electron chi connectivity index (χ1n) is 11.2. The van der Waals surface area contributed by atoms with Gasteiger partial charge in [-0.1, -0.05) is 32.4 Å². The molecule has 0 aromatic heterocycles. The van der Waals surface area contributed by atoms with Gasteiger partial charge in [-0.15, -0.1) is 0 Å². The van der Waals surface area contributed by atoms with Crippen LogP contribution in [0.1, 0.15) is 75.8 Å². The minimum Gasteiger partial charge on any atom is -0.508 e. The van der Waals surface area contributed by atoms with Crippen molar-refractivity contribution >= 4 is 11.8 Å². The number of carbonyl (C=O) groups excluding carboxylic acids is 2. The predicted molar refractivity (Wildman–Crippen MR) is 113 cm³/mol. The van der Waals surface area contributed by atoms with Crippen molar-refractivity contribution in [1.82, 2.24) is 9.80 Å². The Bertz CT molecular complexity index is 768. The molecular formula is C24H34N2O3. The van der Waals surface area contributed by atoms with E-state index in [4.69, 9.17) is 0 Å². The quantitative estimate of drug-likeness (QED) is 0.584. The molecule has 2 amide bonds. The third kappa shape index (κ3) is 4.20. The van der Waals surface area contributed by atoms with Gasteiger partial charge in [0.2, 0.25) is 11.8 Å². The van der Waals surface area contributed by atoms with Gasteiger partial charge in [-0.25, -0.2) is 0 Å². The highest BCUT2D eigenvalue weighted by atomic mass is 16.3. The van der Waals surface area contributed by atoms with E-state index in [2.05, 4.69) is 11.0 Å². The molecule has 3 aliphatic rings. The molecule has 158 valence electrons. The summed E-state index contributed by atoms with van der Waals surface area (Å²) in [6.07, 6.45) is 7.28. The van der Waals surface area contributed by atoms with Gasteiger partial charge >= 0.3 is 0 Å². The molecule has 5 nitrogen and oxygen atoms in total. The number of likely N-dealkylation sites (tertiary alicyclic amines) is 2. The highest BCUT2D eigenvalue weighted by Gasteiger charge is 2.39. The zero-order chi connectivity index (χ0) is 20.6. The van der Waals surface area contributed by atoms with Crippen molar-refractivity contribution in [2.75, 3.05) is 19.6 Å². The number of phenols is 1. The summed E-state index contributed by atoms with van der Waals surface area (Å²) >= 11 is 0. The van der Waals surface area contributed by atoms with Crippen LogP contribution in [-0.2, 0) is 16.0 Å². The summed E-state index contributed by atoms with van der Waals surface area (Å²) in [5.74, 6) is 1.01. The lowest BCUT2D eigenvalue weighted by molar-refractivity contribution is -0.152. The number of unbranched alkanes of at least 4 members (excludes halogenated alkanes) is 2. The Morgan fingerprint density at radius 3 is 2.52 bits per heavy atom. The van der Waals surface area contributed by atoms with Crippen molar-refractivity contribution < 1.29 is 14.7 Å². The number of hydrogen-bond donors (Lipinski definition) is 1. The standard InChI is InChI=1S/C24H34N2O3/c1-24(2)15-22(28)26(23(29)16-24)13-5-3-4-12-25-14-11-18-17-7-6-8-21(27)19(17)9-10-20(18)25/h6-8,18,20,27H,3-5,9-16H2,1-2H3/t18-,20+/m1/s1. The molecule has 0 saturated carbocycles. The average molecular weight is 399 g/mol. The summed E-state index contributed by atoms with van der Waals surface area (Å²) < 4.78 is 0. The van der Waals surface area contributed by atoms with Crippen LogP contribution in [0.2, 0.25) is 0 Å². The molecule has 2 fully saturated rings. The number of rotatable bonds is 6. The van der Waals surface area contributed by atoms with Gasteiger partial charge in [-0.3, -0.25) is 19.4 Å². The molecule has 5 heteroatoms. The molecule has 0 radical (unpaired) electrons.